The number of carbonyl (C=O) groups excluding carboxylic acids is 1. The van der Waals surface area contributed by atoms with Crippen molar-refractivity contribution in [2.45, 2.75) is 44.7 Å². The van der Waals surface area contributed by atoms with Crippen LogP contribution >= 0.6 is 0 Å². The molecule has 114 valence electrons. The molecule has 4 heteroatoms. The molecule has 4 nitrogen and oxygen atoms in total. The summed E-state index contributed by atoms with van der Waals surface area (Å²) in [6.07, 6.45) is 3.86. The number of amides is 1. The third-order valence-electron chi connectivity index (χ3n) is 4.84. The monoisotopic (exact) mass is 287 g/mol. The first-order chi connectivity index (χ1) is 10.1. The normalized spacial score (nSPS) is 27.7. The van der Waals surface area contributed by atoms with E-state index in [0.717, 1.165) is 32.2 Å². The number of nitrogens with two attached hydrogens (primary N) is 1. The van der Waals surface area contributed by atoms with Gasteiger partial charge in [-0.1, -0.05) is 18.2 Å². The summed E-state index contributed by atoms with van der Waals surface area (Å²) in [6.45, 7) is 3.84. The first-order valence-corrected chi connectivity index (χ1v) is 8.03. The molecule has 0 radical (unpaired) electrons. The number of carbonyl (C=O) groups is 1. The van der Waals surface area contributed by atoms with Gasteiger partial charge in [0.15, 0.2) is 0 Å². The number of anilines is 1. The highest BCUT2D eigenvalue weighted by Crippen LogP contribution is 2.31. The molecule has 1 aromatic rings. The van der Waals surface area contributed by atoms with Gasteiger partial charge in [0.1, 0.15) is 0 Å². The Kier molecular flexibility index (Phi) is 4.15. The van der Waals surface area contributed by atoms with E-state index in [1.54, 1.807) is 0 Å². The lowest BCUT2D eigenvalue weighted by Gasteiger charge is -2.25. The molecule has 3 N–H and O–H groups in total. The van der Waals surface area contributed by atoms with Gasteiger partial charge in [-0.2, -0.15) is 0 Å². The fraction of sp³-hybridized carbons (Fsp3) is 0.588. The standard InChI is InChI=1S/C17H25N3O/c1-12-10-13-4-2-3-5-16(13)20(12)9-8-19-17(21)14-6-7-15(18)11-14/h2-5,12,14-15H,6-11,18H2,1H3,(H,19,21)/t12-,14-,15+/m1/s1. The molecule has 1 saturated carbocycles. The molecule has 0 bridgehead atoms. The van der Waals surface area contributed by atoms with E-state index in [0.29, 0.717) is 12.6 Å². The van der Waals surface area contributed by atoms with Gasteiger partial charge < -0.3 is 16.0 Å². The summed E-state index contributed by atoms with van der Waals surface area (Å²) in [4.78, 5) is 14.5. The summed E-state index contributed by atoms with van der Waals surface area (Å²) in [6, 6.07) is 9.29. The van der Waals surface area contributed by atoms with Crippen LogP contribution in [0.1, 0.15) is 31.7 Å². The Labute approximate surface area is 126 Å². The minimum Gasteiger partial charge on any atom is -0.367 e. The fourth-order valence-corrected chi connectivity index (χ4v) is 3.67. The van der Waals surface area contributed by atoms with Crippen molar-refractivity contribution in [2.75, 3.05) is 18.0 Å². The average Bonchev–Trinajstić information content (AvgIpc) is 3.03. The minimum atomic E-state index is 0.128. The Hall–Kier alpha value is -1.55. The second-order valence-electron chi connectivity index (χ2n) is 6.44. The molecule has 2 aliphatic rings. The molecule has 1 heterocycles. The molecule has 0 saturated heterocycles. The van der Waals surface area contributed by atoms with Gasteiger partial charge in [0.25, 0.3) is 0 Å². The van der Waals surface area contributed by atoms with Crippen molar-refractivity contribution in [3.63, 3.8) is 0 Å². The molecule has 0 aromatic heterocycles. The zero-order chi connectivity index (χ0) is 14.8. The van der Waals surface area contributed by atoms with E-state index >= 15 is 0 Å². The van der Waals surface area contributed by atoms with Gasteiger partial charge in [-0.3, -0.25) is 4.79 Å². The second kappa shape index (κ2) is 6.06. The van der Waals surface area contributed by atoms with Crippen LogP contribution in [0.3, 0.4) is 0 Å². The van der Waals surface area contributed by atoms with Crippen LogP contribution in [0, 0.1) is 5.92 Å². The number of fused-ring (bicyclic) bond motifs is 1. The Balaban J connectivity index is 1.51. The van der Waals surface area contributed by atoms with E-state index in [-0.39, 0.29) is 17.9 Å². The van der Waals surface area contributed by atoms with Gasteiger partial charge in [-0.15, -0.1) is 0 Å². The van der Waals surface area contributed by atoms with Gasteiger partial charge in [0.05, 0.1) is 0 Å². The van der Waals surface area contributed by atoms with Gasteiger partial charge in [-0.05, 0) is 44.2 Å². The number of nitrogens with zero attached hydrogens (tertiary/aromatic N) is 1. The average molecular weight is 287 g/mol. The van der Waals surface area contributed by atoms with Crippen LogP contribution in [0.5, 0.6) is 0 Å². The zero-order valence-corrected chi connectivity index (χ0v) is 12.7. The lowest BCUT2D eigenvalue weighted by atomic mass is 10.1. The highest BCUT2D eigenvalue weighted by Gasteiger charge is 2.28. The second-order valence-corrected chi connectivity index (χ2v) is 6.44. The lowest BCUT2D eigenvalue weighted by Crippen LogP contribution is -2.39. The number of hydrogen-bond acceptors (Lipinski definition) is 3. The SMILES string of the molecule is C[C@@H]1Cc2ccccc2N1CCNC(=O)[C@@H]1CC[C@H](N)C1. The van der Waals surface area contributed by atoms with E-state index in [1.807, 2.05) is 0 Å². The lowest BCUT2D eigenvalue weighted by molar-refractivity contribution is -0.124. The molecule has 0 spiro atoms. The van der Waals surface area contributed by atoms with E-state index < -0.39 is 0 Å². The first kappa shape index (κ1) is 14.4. The molecular weight excluding hydrogens is 262 g/mol. The van der Waals surface area contributed by atoms with Crippen LogP contribution in [0.4, 0.5) is 5.69 Å². The third kappa shape index (κ3) is 3.05. The van der Waals surface area contributed by atoms with Crippen molar-refractivity contribution in [3.05, 3.63) is 29.8 Å². The molecule has 21 heavy (non-hydrogen) atoms. The topological polar surface area (TPSA) is 58.4 Å². The molecule has 1 amide bonds. The van der Waals surface area contributed by atoms with Crippen molar-refractivity contribution < 1.29 is 4.79 Å². The van der Waals surface area contributed by atoms with E-state index in [2.05, 4.69) is 41.4 Å². The van der Waals surface area contributed by atoms with E-state index in [1.165, 1.54) is 11.3 Å². The number of rotatable bonds is 4. The van der Waals surface area contributed by atoms with Crippen molar-refractivity contribution in [2.24, 2.45) is 11.7 Å². The molecule has 1 aliphatic carbocycles. The number of benzene rings is 1. The van der Waals surface area contributed by atoms with Crippen molar-refractivity contribution in [3.8, 4) is 0 Å². The summed E-state index contributed by atoms with van der Waals surface area (Å²) >= 11 is 0. The summed E-state index contributed by atoms with van der Waals surface area (Å²) in [5, 5.41) is 3.09. The number of hydrogen-bond donors (Lipinski definition) is 2. The van der Waals surface area contributed by atoms with Gasteiger partial charge >= 0.3 is 0 Å². The molecule has 1 aliphatic heterocycles. The maximum absolute atomic E-state index is 12.1. The summed E-state index contributed by atoms with van der Waals surface area (Å²) < 4.78 is 0. The van der Waals surface area contributed by atoms with Crippen LogP contribution in [-0.2, 0) is 11.2 Å². The van der Waals surface area contributed by atoms with Crippen molar-refractivity contribution in [1.29, 1.82) is 0 Å². The van der Waals surface area contributed by atoms with Gasteiger partial charge in [-0.25, -0.2) is 0 Å². The van der Waals surface area contributed by atoms with Gasteiger partial charge in [0, 0.05) is 36.8 Å². The van der Waals surface area contributed by atoms with Crippen LogP contribution in [0.2, 0.25) is 0 Å². The Morgan fingerprint density at radius 3 is 2.95 bits per heavy atom. The molecular formula is C17H25N3O. The number of nitrogens with one attached hydrogen (secondary N) is 1. The molecule has 3 rings (SSSR count). The maximum atomic E-state index is 12.1. The number of para-hydroxylation sites is 1. The predicted octanol–water partition coefficient (Wildman–Crippen LogP) is 1.68. The highest BCUT2D eigenvalue weighted by atomic mass is 16.1. The largest absolute Gasteiger partial charge is 0.367 e. The molecule has 0 unspecified atom stereocenters. The summed E-state index contributed by atoms with van der Waals surface area (Å²) in [7, 11) is 0. The van der Waals surface area contributed by atoms with Crippen LogP contribution in [-0.4, -0.2) is 31.1 Å². The highest BCUT2D eigenvalue weighted by molar-refractivity contribution is 5.79. The fourth-order valence-electron chi connectivity index (χ4n) is 3.67. The Bertz CT molecular complexity index is 517. The molecule has 3 atom stereocenters. The van der Waals surface area contributed by atoms with Crippen LogP contribution in [0.25, 0.3) is 0 Å². The quantitative estimate of drug-likeness (QED) is 0.886. The molecule has 1 fully saturated rings. The minimum absolute atomic E-state index is 0.128. The molecule has 1 aromatic carbocycles. The summed E-state index contributed by atoms with van der Waals surface area (Å²) in [5.74, 6) is 0.311. The van der Waals surface area contributed by atoms with Crippen molar-refractivity contribution in [1.82, 2.24) is 5.32 Å². The Morgan fingerprint density at radius 2 is 2.19 bits per heavy atom. The van der Waals surface area contributed by atoms with E-state index in [4.69, 9.17) is 5.73 Å². The van der Waals surface area contributed by atoms with Crippen LogP contribution in [0.15, 0.2) is 24.3 Å². The third-order valence-corrected chi connectivity index (χ3v) is 4.84. The summed E-state index contributed by atoms with van der Waals surface area (Å²) in [5.41, 5.74) is 8.61. The zero-order valence-electron chi connectivity index (χ0n) is 12.7. The van der Waals surface area contributed by atoms with Gasteiger partial charge in [0.2, 0.25) is 5.91 Å². The Morgan fingerprint density at radius 1 is 1.38 bits per heavy atom. The first-order valence-electron chi connectivity index (χ1n) is 8.03. The van der Waals surface area contributed by atoms with Crippen LogP contribution < -0.4 is 16.0 Å². The maximum Gasteiger partial charge on any atom is 0.223 e. The van der Waals surface area contributed by atoms with Crippen molar-refractivity contribution >= 4 is 11.6 Å². The predicted molar refractivity (Wildman–Crippen MR) is 85.3 cm³/mol. The smallest absolute Gasteiger partial charge is 0.223 e. The van der Waals surface area contributed by atoms with E-state index in [9.17, 15) is 4.79 Å².